The zero-order valence-corrected chi connectivity index (χ0v) is 6.40. The van der Waals surface area contributed by atoms with Crippen molar-refractivity contribution in [1.82, 2.24) is 0 Å². The molecule has 0 bridgehead atoms. The molecule has 0 spiro atoms. The highest BCUT2D eigenvalue weighted by Gasteiger charge is 1.79. The number of halogens is 1. The molecule has 0 amide bonds. The van der Waals surface area contributed by atoms with Crippen LogP contribution in [0.25, 0.3) is 0 Å². The molecule has 0 rings (SSSR count). The maximum atomic E-state index is 5.29. The lowest BCUT2D eigenvalue weighted by atomic mass is 10.4. The molecule has 0 atom stereocenters. The van der Waals surface area contributed by atoms with Gasteiger partial charge in [-0.25, -0.2) is 0 Å². The van der Waals surface area contributed by atoms with Gasteiger partial charge in [0.05, 0.1) is 12.1 Å². The summed E-state index contributed by atoms with van der Waals surface area (Å²) in [5, 5.41) is 3.57. The van der Waals surface area contributed by atoms with Gasteiger partial charge in [0.2, 0.25) is 0 Å². The van der Waals surface area contributed by atoms with Crippen molar-refractivity contribution in [1.29, 1.82) is 0 Å². The van der Waals surface area contributed by atoms with E-state index in [0.29, 0.717) is 12.5 Å². The minimum absolute atomic E-state index is 0.423. The van der Waals surface area contributed by atoms with Gasteiger partial charge in [0.25, 0.3) is 0 Å². The summed E-state index contributed by atoms with van der Waals surface area (Å²) >= 11 is 5.29. The van der Waals surface area contributed by atoms with Crippen molar-refractivity contribution in [3.8, 4) is 0 Å². The third kappa shape index (κ3) is 7.76. The van der Waals surface area contributed by atoms with Crippen LogP contribution in [0.5, 0.6) is 0 Å². The first-order valence-electron chi connectivity index (χ1n) is 3.11. The third-order valence-electron chi connectivity index (χ3n) is 0.807. The second-order valence-corrected chi connectivity index (χ2v) is 1.94. The Bertz CT molecular complexity index is 75.5. The standard InChI is InChI=1S/C6H12ClNO/c1-2-3-6-9-8-5-4-7/h5H,2-4,6H2,1H3/b8-5+. The minimum atomic E-state index is 0.423. The first-order valence-corrected chi connectivity index (χ1v) is 3.65. The summed E-state index contributed by atoms with van der Waals surface area (Å²) in [7, 11) is 0. The van der Waals surface area contributed by atoms with Crippen LogP contribution < -0.4 is 0 Å². The molecule has 0 heterocycles. The molecule has 2 nitrogen and oxygen atoms in total. The van der Waals surface area contributed by atoms with Crippen LogP contribution in [-0.2, 0) is 4.84 Å². The molecule has 0 saturated heterocycles. The summed E-state index contributed by atoms with van der Waals surface area (Å²) in [5.74, 6) is 0.423. The van der Waals surface area contributed by atoms with Crippen LogP contribution in [0, 0.1) is 0 Å². The number of oxime groups is 1. The van der Waals surface area contributed by atoms with E-state index in [2.05, 4.69) is 12.1 Å². The normalized spacial score (nSPS) is 10.4. The Kier molecular flexibility index (Phi) is 7.55. The van der Waals surface area contributed by atoms with Gasteiger partial charge in [-0.15, -0.1) is 11.6 Å². The molecule has 0 fully saturated rings. The molecule has 3 heteroatoms. The predicted octanol–water partition coefficient (Wildman–Crippen LogP) is 2.03. The fourth-order valence-electron chi connectivity index (χ4n) is 0.342. The molecule has 54 valence electrons. The Balaban J connectivity index is 2.82. The molecule has 0 aromatic rings. The first kappa shape index (κ1) is 8.76. The SMILES string of the molecule is CCCCO/N=C/CCl. The molecule has 0 aromatic heterocycles. The van der Waals surface area contributed by atoms with E-state index in [1.165, 1.54) is 6.21 Å². The van der Waals surface area contributed by atoms with E-state index < -0.39 is 0 Å². The summed E-state index contributed by atoms with van der Waals surface area (Å²) in [4.78, 5) is 4.80. The van der Waals surface area contributed by atoms with Crippen molar-refractivity contribution in [3.05, 3.63) is 0 Å². The molecule has 0 aliphatic rings. The van der Waals surface area contributed by atoms with Gasteiger partial charge in [-0.1, -0.05) is 18.5 Å². The number of hydrogen-bond acceptors (Lipinski definition) is 2. The van der Waals surface area contributed by atoms with E-state index in [9.17, 15) is 0 Å². The third-order valence-corrected chi connectivity index (χ3v) is 0.945. The predicted molar refractivity (Wildman–Crippen MR) is 40.1 cm³/mol. The number of unbranched alkanes of at least 4 members (excludes halogenated alkanes) is 1. The van der Waals surface area contributed by atoms with Crippen molar-refractivity contribution < 1.29 is 4.84 Å². The Labute approximate surface area is 60.8 Å². The van der Waals surface area contributed by atoms with Crippen molar-refractivity contribution >= 4 is 17.8 Å². The van der Waals surface area contributed by atoms with Gasteiger partial charge in [-0.2, -0.15) is 0 Å². The van der Waals surface area contributed by atoms with Gasteiger partial charge in [0, 0.05) is 0 Å². The van der Waals surface area contributed by atoms with Crippen molar-refractivity contribution in [2.24, 2.45) is 5.16 Å². The highest BCUT2D eigenvalue weighted by molar-refractivity contribution is 6.24. The molecule has 0 saturated carbocycles. The Hall–Kier alpha value is -0.240. The highest BCUT2D eigenvalue weighted by Crippen LogP contribution is 1.86. The Morgan fingerprint density at radius 2 is 2.44 bits per heavy atom. The van der Waals surface area contributed by atoms with Gasteiger partial charge in [0.1, 0.15) is 6.61 Å². The van der Waals surface area contributed by atoms with Crippen molar-refractivity contribution in [2.75, 3.05) is 12.5 Å². The largest absolute Gasteiger partial charge is 0.396 e. The number of rotatable bonds is 5. The topological polar surface area (TPSA) is 21.6 Å². The van der Waals surface area contributed by atoms with Crippen LogP contribution in [0.15, 0.2) is 5.16 Å². The summed E-state index contributed by atoms with van der Waals surface area (Å²) < 4.78 is 0. The van der Waals surface area contributed by atoms with Gasteiger partial charge < -0.3 is 4.84 Å². The van der Waals surface area contributed by atoms with Crippen LogP contribution in [-0.4, -0.2) is 18.7 Å². The Morgan fingerprint density at radius 3 is 3.00 bits per heavy atom. The number of nitrogens with zero attached hydrogens (tertiary/aromatic N) is 1. The average molecular weight is 150 g/mol. The summed E-state index contributed by atoms with van der Waals surface area (Å²) in [5.41, 5.74) is 0. The van der Waals surface area contributed by atoms with E-state index in [0.717, 1.165) is 12.8 Å². The lowest BCUT2D eigenvalue weighted by molar-refractivity contribution is 0.142. The fourth-order valence-corrected chi connectivity index (χ4v) is 0.399. The molecule has 0 aromatic carbocycles. The lowest BCUT2D eigenvalue weighted by Gasteiger charge is -1.93. The number of hydrogen-bond donors (Lipinski definition) is 0. The lowest BCUT2D eigenvalue weighted by Crippen LogP contribution is -1.86. The van der Waals surface area contributed by atoms with Crippen molar-refractivity contribution in [3.63, 3.8) is 0 Å². The maximum Gasteiger partial charge on any atom is 0.117 e. The molecule has 0 unspecified atom stereocenters. The fraction of sp³-hybridized carbons (Fsp3) is 0.833. The van der Waals surface area contributed by atoms with Crippen LogP contribution in [0.1, 0.15) is 19.8 Å². The monoisotopic (exact) mass is 149 g/mol. The van der Waals surface area contributed by atoms with Crippen LogP contribution >= 0.6 is 11.6 Å². The summed E-state index contributed by atoms with van der Waals surface area (Å²) in [6, 6.07) is 0. The summed E-state index contributed by atoms with van der Waals surface area (Å²) in [6.45, 7) is 2.80. The summed E-state index contributed by atoms with van der Waals surface area (Å²) in [6.07, 6.45) is 3.73. The van der Waals surface area contributed by atoms with Crippen LogP contribution in [0.4, 0.5) is 0 Å². The molecular weight excluding hydrogens is 138 g/mol. The second kappa shape index (κ2) is 7.76. The molecule has 0 N–H and O–H groups in total. The quantitative estimate of drug-likeness (QED) is 0.254. The highest BCUT2D eigenvalue weighted by atomic mass is 35.5. The van der Waals surface area contributed by atoms with E-state index in [-0.39, 0.29) is 0 Å². The zero-order valence-electron chi connectivity index (χ0n) is 5.64. The first-order chi connectivity index (χ1) is 4.41. The van der Waals surface area contributed by atoms with E-state index >= 15 is 0 Å². The maximum absolute atomic E-state index is 5.29. The molecule has 0 aliphatic carbocycles. The van der Waals surface area contributed by atoms with Crippen LogP contribution in [0.3, 0.4) is 0 Å². The molecule has 0 radical (unpaired) electrons. The van der Waals surface area contributed by atoms with E-state index in [4.69, 9.17) is 16.4 Å². The molecule has 0 aliphatic heterocycles. The van der Waals surface area contributed by atoms with Gasteiger partial charge in [-0.3, -0.25) is 0 Å². The van der Waals surface area contributed by atoms with Gasteiger partial charge in [-0.05, 0) is 6.42 Å². The Morgan fingerprint density at radius 1 is 1.67 bits per heavy atom. The minimum Gasteiger partial charge on any atom is -0.396 e. The number of alkyl halides is 1. The smallest absolute Gasteiger partial charge is 0.117 e. The van der Waals surface area contributed by atoms with E-state index in [1.807, 2.05) is 0 Å². The zero-order chi connectivity index (χ0) is 6.95. The average Bonchev–Trinajstić information content (AvgIpc) is 1.89. The van der Waals surface area contributed by atoms with E-state index in [1.54, 1.807) is 0 Å². The van der Waals surface area contributed by atoms with Gasteiger partial charge in [0.15, 0.2) is 0 Å². The van der Waals surface area contributed by atoms with Crippen molar-refractivity contribution in [2.45, 2.75) is 19.8 Å². The molecule has 9 heavy (non-hydrogen) atoms. The van der Waals surface area contributed by atoms with Gasteiger partial charge >= 0.3 is 0 Å². The van der Waals surface area contributed by atoms with Crippen LogP contribution in [0.2, 0.25) is 0 Å². The second-order valence-electron chi connectivity index (χ2n) is 1.63. The molecular formula is C6H12ClNO.